The second-order valence-electron chi connectivity index (χ2n) is 3.22. The van der Waals surface area contributed by atoms with Gasteiger partial charge in [0.05, 0.1) is 12.3 Å². The fraction of sp³-hybridized carbons (Fsp3) is 0.364. The number of ether oxygens (including phenoxy) is 2. The Labute approximate surface area is 93.8 Å². The first-order valence-corrected chi connectivity index (χ1v) is 4.90. The molecule has 0 fully saturated rings. The molecule has 0 atom stereocenters. The second-order valence-corrected chi connectivity index (χ2v) is 3.22. The number of rotatable bonds is 6. The van der Waals surface area contributed by atoms with Crippen LogP contribution >= 0.6 is 0 Å². The summed E-state index contributed by atoms with van der Waals surface area (Å²) in [6.45, 7) is 0.942. The summed E-state index contributed by atoms with van der Waals surface area (Å²) >= 11 is 0. The van der Waals surface area contributed by atoms with Crippen LogP contribution in [0.5, 0.6) is 5.75 Å². The molecular weight excluding hydrogens is 210 g/mol. The lowest BCUT2D eigenvalue weighted by molar-refractivity contribution is 0.0692. The van der Waals surface area contributed by atoms with Crippen molar-refractivity contribution in [2.24, 2.45) is 0 Å². The van der Waals surface area contributed by atoms with E-state index in [9.17, 15) is 4.79 Å². The molecule has 1 aromatic carbocycles. The number of hydrogen-bond donors (Lipinski definition) is 2. The zero-order valence-corrected chi connectivity index (χ0v) is 9.10. The smallest absolute Gasteiger partial charge is 0.339 e. The minimum absolute atomic E-state index is 0.0809. The molecule has 0 saturated carbocycles. The van der Waals surface area contributed by atoms with E-state index in [1.54, 1.807) is 19.2 Å². The van der Waals surface area contributed by atoms with Crippen LogP contribution in [0.25, 0.3) is 0 Å². The molecule has 3 N–H and O–H groups in total. The lowest BCUT2D eigenvalue weighted by Gasteiger charge is -2.11. The number of nitrogens with two attached hydrogens (primary N) is 1. The van der Waals surface area contributed by atoms with Gasteiger partial charge in [-0.15, -0.1) is 0 Å². The van der Waals surface area contributed by atoms with Crippen molar-refractivity contribution >= 4 is 11.7 Å². The predicted octanol–water partition coefficient (Wildman–Crippen LogP) is 1.38. The highest BCUT2D eigenvalue weighted by molar-refractivity contribution is 5.93. The van der Waals surface area contributed by atoms with Crippen LogP contribution in [-0.2, 0) is 4.74 Å². The zero-order valence-electron chi connectivity index (χ0n) is 9.10. The number of aromatic carboxylic acids is 1. The van der Waals surface area contributed by atoms with Crippen LogP contribution in [0.15, 0.2) is 18.2 Å². The molecule has 0 aliphatic heterocycles. The molecule has 0 saturated heterocycles. The first kappa shape index (κ1) is 12.3. The van der Waals surface area contributed by atoms with E-state index in [1.165, 1.54) is 6.07 Å². The van der Waals surface area contributed by atoms with Crippen molar-refractivity contribution in [3.63, 3.8) is 0 Å². The quantitative estimate of drug-likeness (QED) is 0.564. The summed E-state index contributed by atoms with van der Waals surface area (Å²) in [6.07, 6.45) is 0.684. The SMILES string of the molecule is COCCCOc1c(N)cccc1C(=O)O. The van der Waals surface area contributed by atoms with Gasteiger partial charge in [-0.2, -0.15) is 0 Å². The summed E-state index contributed by atoms with van der Waals surface area (Å²) in [6, 6.07) is 4.66. The van der Waals surface area contributed by atoms with E-state index in [0.29, 0.717) is 25.3 Å². The first-order valence-electron chi connectivity index (χ1n) is 4.90. The van der Waals surface area contributed by atoms with E-state index in [1.807, 2.05) is 0 Å². The number of nitrogen functional groups attached to an aromatic ring is 1. The van der Waals surface area contributed by atoms with Crippen molar-refractivity contribution in [1.82, 2.24) is 0 Å². The van der Waals surface area contributed by atoms with Crippen molar-refractivity contribution in [3.8, 4) is 5.75 Å². The molecule has 0 amide bonds. The average Bonchev–Trinajstić information content (AvgIpc) is 2.25. The van der Waals surface area contributed by atoms with Crippen LogP contribution in [0.1, 0.15) is 16.8 Å². The van der Waals surface area contributed by atoms with Gasteiger partial charge in [0.15, 0.2) is 5.75 Å². The van der Waals surface area contributed by atoms with Gasteiger partial charge in [-0.1, -0.05) is 6.07 Å². The van der Waals surface area contributed by atoms with E-state index in [2.05, 4.69) is 0 Å². The number of carboxylic acids is 1. The fourth-order valence-electron chi connectivity index (χ4n) is 1.26. The minimum atomic E-state index is -1.05. The Hall–Kier alpha value is -1.75. The highest BCUT2D eigenvalue weighted by atomic mass is 16.5. The van der Waals surface area contributed by atoms with Gasteiger partial charge >= 0.3 is 5.97 Å². The summed E-state index contributed by atoms with van der Waals surface area (Å²) in [5, 5.41) is 8.93. The molecule has 88 valence electrons. The molecule has 5 heteroatoms. The highest BCUT2D eigenvalue weighted by Crippen LogP contribution is 2.26. The molecule has 16 heavy (non-hydrogen) atoms. The van der Waals surface area contributed by atoms with Gasteiger partial charge in [-0.05, 0) is 12.1 Å². The van der Waals surface area contributed by atoms with Gasteiger partial charge < -0.3 is 20.3 Å². The summed E-state index contributed by atoms with van der Waals surface area (Å²) in [5.74, 6) is -0.819. The van der Waals surface area contributed by atoms with Crippen LogP contribution in [0.3, 0.4) is 0 Å². The Morgan fingerprint density at radius 1 is 1.44 bits per heavy atom. The molecule has 0 radical (unpaired) electrons. The van der Waals surface area contributed by atoms with Crippen molar-refractivity contribution in [1.29, 1.82) is 0 Å². The molecule has 0 bridgehead atoms. The largest absolute Gasteiger partial charge is 0.490 e. The monoisotopic (exact) mass is 225 g/mol. The summed E-state index contributed by atoms with van der Waals surface area (Å²) < 4.78 is 10.2. The van der Waals surface area contributed by atoms with Crippen LogP contribution < -0.4 is 10.5 Å². The molecule has 5 nitrogen and oxygen atoms in total. The predicted molar refractivity (Wildman–Crippen MR) is 59.8 cm³/mol. The third kappa shape index (κ3) is 3.13. The summed E-state index contributed by atoms with van der Waals surface area (Å²) in [4.78, 5) is 10.9. The van der Waals surface area contributed by atoms with Crippen molar-refractivity contribution < 1.29 is 19.4 Å². The molecular formula is C11H15NO4. The first-order chi connectivity index (χ1) is 7.66. The second kappa shape index (κ2) is 5.97. The number of para-hydroxylation sites is 1. The maximum atomic E-state index is 10.9. The van der Waals surface area contributed by atoms with Crippen molar-refractivity contribution in [3.05, 3.63) is 23.8 Å². The average molecular weight is 225 g/mol. The van der Waals surface area contributed by atoms with Gasteiger partial charge in [0, 0.05) is 20.1 Å². The van der Waals surface area contributed by atoms with E-state index >= 15 is 0 Å². The third-order valence-corrected chi connectivity index (χ3v) is 2.02. The number of carboxylic acid groups (broad SMARTS) is 1. The Bertz CT molecular complexity index is 365. The maximum absolute atomic E-state index is 10.9. The molecule has 0 aliphatic carbocycles. The summed E-state index contributed by atoms with van der Waals surface area (Å²) in [5.41, 5.74) is 6.07. The van der Waals surface area contributed by atoms with Crippen molar-refractivity contribution in [2.75, 3.05) is 26.1 Å². The third-order valence-electron chi connectivity index (χ3n) is 2.02. The van der Waals surface area contributed by atoms with Gasteiger partial charge in [0.1, 0.15) is 5.56 Å². The molecule has 0 spiro atoms. The normalized spacial score (nSPS) is 10.1. The van der Waals surface area contributed by atoms with Crippen LogP contribution in [0.2, 0.25) is 0 Å². The van der Waals surface area contributed by atoms with Gasteiger partial charge in [-0.3, -0.25) is 0 Å². The van der Waals surface area contributed by atoms with E-state index < -0.39 is 5.97 Å². The zero-order chi connectivity index (χ0) is 12.0. The van der Waals surface area contributed by atoms with Crippen LogP contribution in [0.4, 0.5) is 5.69 Å². The standard InChI is InChI=1S/C11H15NO4/c1-15-6-3-7-16-10-8(11(13)14)4-2-5-9(10)12/h2,4-5H,3,6-7,12H2,1H3,(H,13,14). The minimum Gasteiger partial charge on any atom is -0.490 e. The Morgan fingerprint density at radius 2 is 2.19 bits per heavy atom. The molecule has 1 rings (SSSR count). The fourth-order valence-corrected chi connectivity index (χ4v) is 1.26. The van der Waals surface area contributed by atoms with Crippen LogP contribution in [0, 0.1) is 0 Å². The Balaban J connectivity index is 2.73. The van der Waals surface area contributed by atoms with Gasteiger partial charge in [0.2, 0.25) is 0 Å². The maximum Gasteiger partial charge on any atom is 0.339 e. The van der Waals surface area contributed by atoms with E-state index in [0.717, 1.165) is 0 Å². The van der Waals surface area contributed by atoms with Gasteiger partial charge in [-0.25, -0.2) is 4.79 Å². The number of carbonyl (C=O) groups is 1. The topological polar surface area (TPSA) is 81.8 Å². The Kier molecular flexibility index (Phi) is 4.60. The van der Waals surface area contributed by atoms with Gasteiger partial charge in [0.25, 0.3) is 0 Å². The number of anilines is 1. The van der Waals surface area contributed by atoms with Crippen LogP contribution in [-0.4, -0.2) is 31.4 Å². The number of hydrogen-bond acceptors (Lipinski definition) is 4. The Morgan fingerprint density at radius 3 is 2.81 bits per heavy atom. The molecule has 1 aromatic rings. The van der Waals surface area contributed by atoms with E-state index in [4.69, 9.17) is 20.3 Å². The van der Waals surface area contributed by atoms with E-state index in [-0.39, 0.29) is 11.3 Å². The highest BCUT2D eigenvalue weighted by Gasteiger charge is 2.13. The number of methoxy groups -OCH3 is 1. The lowest BCUT2D eigenvalue weighted by atomic mass is 10.2. The number of benzene rings is 1. The molecule has 0 aliphatic rings. The summed E-state index contributed by atoms with van der Waals surface area (Å²) in [7, 11) is 1.60. The molecule has 0 heterocycles. The molecule has 0 aromatic heterocycles. The lowest BCUT2D eigenvalue weighted by Crippen LogP contribution is -2.08. The van der Waals surface area contributed by atoms with Crippen molar-refractivity contribution in [2.45, 2.75) is 6.42 Å². The molecule has 0 unspecified atom stereocenters.